The molecule has 3 aliphatic rings. The van der Waals surface area contributed by atoms with Gasteiger partial charge in [-0.05, 0) is 19.8 Å². The van der Waals surface area contributed by atoms with E-state index in [0.29, 0.717) is 22.2 Å². The standard InChI is InChI=1S/C19H27NO7S3/c1-4-5-10(2)17(23)26-9-27-18(24)14-19(28-12-6-7-30(25)8-12)29-16-13(11(3)21)15(22)20(14)16/h10-13,16,21H,4-9H2,1-3H3/t10?,11-,12+,13+,16-,30-/m1/s1. The maximum Gasteiger partial charge on any atom is 0.359 e. The molecular formula is C19H27NO7S3. The molecule has 3 aliphatic heterocycles. The van der Waals surface area contributed by atoms with Crippen LogP contribution in [0.25, 0.3) is 0 Å². The second kappa shape index (κ2) is 10.1. The molecule has 11 heteroatoms. The normalized spacial score (nSPS) is 30.0. The summed E-state index contributed by atoms with van der Waals surface area (Å²) in [7, 11) is -0.862. The summed E-state index contributed by atoms with van der Waals surface area (Å²) in [5, 5.41) is 9.66. The van der Waals surface area contributed by atoms with Gasteiger partial charge in [-0.2, -0.15) is 0 Å². The van der Waals surface area contributed by atoms with E-state index in [9.17, 15) is 23.7 Å². The van der Waals surface area contributed by atoms with E-state index in [4.69, 9.17) is 9.47 Å². The number of amides is 1. The molecule has 1 N–H and O–H groups in total. The second-order valence-electron chi connectivity index (χ2n) is 7.66. The van der Waals surface area contributed by atoms with Crippen LogP contribution in [0.1, 0.15) is 40.0 Å². The summed E-state index contributed by atoms with van der Waals surface area (Å²) >= 11 is 2.79. The van der Waals surface area contributed by atoms with Crippen molar-refractivity contribution in [3.8, 4) is 0 Å². The summed E-state index contributed by atoms with van der Waals surface area (Å²) in [6, 6.07) is 0. The van der Waals surface area contributed by atoms with E-state index >= 15 is 0 Å². The smallest absolute Gasteiger partial charge is 0.359 e. The molecular weight excluding hydrogens is 450 g/mol. The first-order valence-electron chi connectivity index (χ1n) is 10.0. The van der Waals surface area contributed by atoms with Gasteiger partial charge in [0.2, 0.25) is 12.7 Å². The Morgan fingerprint density at radius 3 is 2.70 bits per heavy atom. The number of carbonyl (C=O) groups excluding carboxylic acids is 3. The third-order valence-corrected chi connectivity index (χ3v) is 9.84. The summed E-state index contributed by atoms with van der Waals surface area (Å²) in [5.74, 6) is -1.19. The zero-order chi connectivity index (χ0) is 22.0. The predicted octanol–water partition coefficient (Wildman–Crippen LogP) is 1.80. The molecule has 1 amide bonds. The van der Waals surface area contributed by atoms with Crippen molar-refractivity contribution in [3.63, 3.8) is 0 Å². The number of ether oxygens (including phenoxy) is 2. The van der Waals surface area contributed by atoms with E-state index in [1.807, 2.05) is 6.92 Å². The highest BCUT2D eigenvalue weighted by Gasteiger charge is 2.58. The van der Waals surface area contributed by atoms with Gasteiger partial charge in [-0.1, -0.05) is 32.0 Å². The average molecular weight is 478 g/mol. The number of aliphatic hydroxyl groups is 1. The number of hydrogen-bond donors (Lipinski definition) is 1. The van der Waals surface area contributed by atoms with Gasteiger partial charge >= 0.3 is 11.9 Å². The topological polar surface area (TPSA) is 110 Å². The van der Waals surface area contributed by atoms with Crippen molar-refractivity contribution < 1.29 is 33.2 Å². The number of fused-ring (bicyclic) bond motifs is 1. The highest BCUT2D eigenvalue weighted by atomic mass is 32.2. The zero-order valence-electron chi connectivity index (χ0n) is 17.2. The molecule has 3 heterocycles. The summed E-state index contributed by atoms with van der Waals surface area (Å²) in [5.41, 5.74) is 0.132. The molecule has 30 heavy (non-hydrogen) atoms. The highest BCUT2D eigenvalue weighted by molar-refractivity contribution is 8.23. The molecule has 6 atom stereocenters. The molecule has 0 aromatic rings. The molecule has 168 valence electrons. The van der Waals surface area contributed by atoms with Gasteiger partial charge in [0.25, 0.3) is 0 Å². The Hall–Kier alpha value is -1.04. The van der Waals surface area contributed by atoms with E-state index in [1.54, 1.807) is 13.8 Å². The zero-order valence-corrected chi connectivity index (χ0v) is 19.6. The van der Waals surface area contributed by atoms with Crippen molar-refractivity contribution in [2.24, 2.45) is 11.8 Å². The highest BCUT2D eigenvalue weighted by Crippen LogP contribution is 2.55. The summed E-state index contributed by atoms with van der Waals surface area (Å²) in [6.07, 6.45) is 1.47. The Balaban J connectivity index is 1.68. The molecule has 0 aromatic heterocycles. The summed E-state index contributed by atoms with van der Waals surface area (Å²) < 4.78 is 22.5. The fourth-order valence-corrected chi connectivity index (χ4v) is 8.86. The molecule has 0 radical (unpaired) electrons. The van der Waals surface area contributed by atoms with E-state index in [2.05, 4.69) is 0 Å². The van der Waals surface area contributed by atoms with Gasteiger partial charge in [0.15, 0.2) is 5.70 Å². The van der Waals surface area contributed by atoms with Crippen LogP contribution in [0.5, 0.6) is 0 Å². The largest absolute Gasteiger partial charge is 0.428 e. The third kappa shape index (κ3) is 4.89. The van der Waals surface area contributed by atoms with Crippen LogP contribution < -0.4 is 0 Å². The van der Waals surface area contributed by atoms with Gasteiger partial charge in [0, 0.05) is 27.6 Å². The number of thioether (sulfide) groups is 2. The van der Waals surface area contributed by atoms with Crippen LogP contribution in [0.4, 0.5) is 0 Å². The van der Waals surface area contributed by atoms with E-state index < -0.39 is 41.6 Å². The van der Waals surface area contributed by atoms with Crippen LogP contribution in [0, 0.1) is 11.8 Å². The fourth-order valence-electron chi connectivity index (χ4n) is 3.61. The Morgan fingerprint density at radius 2 is 2.10 bits per heavy atom. The minimum absolute atomic E-state index is 0.0997. The minimum atomic E-state index is -0.862. The van der Waals surface area contributed by atoms with Gasteiger partial charge < -0.3 is 14.6 Å². The maximum absolute atomic E-state index is 12.8. The summed E-state index contributed by atoms with van der Waals surface area (Å²) in [6.45, 7) is 4.76. The van der Waals surface area contributed by atoms with Crippen LogP contribution >= 0.6 is 23.5 Å². The first kappa shape index (κ1) is 23.6. The molecule has 0 aliphatic carbocycles. The third-order valence-electron chi connectivity index (χ3n) is 5.29. The van der Waals surface area contributed by atoms with Crippen LogP contribution in [0.2, 0.25) is 0 Å². The predicted molar refractivity (Wildman–Crippen MR) is 115 cm³/mol. The van der Waals surface area contributed by atoms with Crippen molar-refractivity contribution in [1.82, 2.24) is 4.90 Å². The van der Waals surface area contributed by atoms with Gasteiger partial charge in [-0.25, -0.2) is 4.79 Å². The average Bonchev–Trinajstić information content (AvgIpc) is 3.22. The van der Waals surface area contributed by atoms with Gasteiger partial charge in [0.1, 0.15) is 5.37 Å². The lowest BCUT2D eigenvalue weighted by Crippen LogP contribution is -2.60. The minimum Gasteiger partial charge on any atom is -0.428 e. The van der Waals surface area contributed by atoms with Crippen LogP contribution in [0.15, 0.2) is 9.93 Å². The molecule has 8 nitrogen and oxygen atoms in total. The monoisotopic (exact) mass is 477 g/mol. The molecule has 1 unspecified atom stereocenters. The summed E-state index contributed by atoms with van der Waals surface area (Å²) in [4.78, 5) is 38.6. The molecule has 3 rings (SSSR count). The first-order valence-corrected chi connectivity index (χ1v) is 13.3. The fraction of sp³-hybridized carbons (Fsp3) is 0.737. The van der Waals surface area contributed by atoms with Crippen LogP contribution in [0.3, 0.4) is 0 Å². The lowest BCUT2D eigenvalue weighted by atomic mass is 9.92. The Labute approximate surface area is 186 Å². The number of β-lactam (4-membered cyclic amide) rings is 1. The maximum atomic E-state index is 12.8. The number of esters is 2. The lowest BCUT2D eigenvalue weighted by Gasteiger charge is -2.43. The Bertz CT molecular complexity index is 769. The lowest BCUT2D eigenvalue weighted by molar-refractivity contribution is -0.171. The first-order chi connectivity index (χ1) is 14.2. The second-order valence-corrected chi connectivity index (χ2v) is 12.0. The number of rotatable bonds is 9. The molecule has 0 saturated carbocycles. The molecule has 2 fully saturated rings. The SMILES string of the molecule is CCCC(C)C(=O)OCOC(=O)C1=C(S[C@H]2CC[S@@](=O)C2)S[C@@H]2[C@@H]([C@@H](C)O)C(=O)N12. The van der Waals surface area contributed by atoms with Gasteiger partial charge in [-0.3, -0.25) is 18.7 Å². The van der Waals surface area contributed by atoms with Crippen LogP contribution in [-0.2, 0) is 34.7 Å². The van der Waals surface area contributed by atoms with Gasteiger partial charge in [-0.15, -0.1) is 11.8 Å². The Kier molecular flexibility index (Phi) is 7.92. The van der Waals surface area contributed by atoms with E-state index in [0.717, 1.165) is 12.8 Å². The Morgan fingerprint density at radius 1 is 1.37 bits per heavy atom. The van der Waals surface area contributed by atoms with Gasteiger partial charge in [0.05, 0.1) is 22.2 Å². The van der Waals surface area contributed by atoms with Crippen molar-refractivity contribution in [1.29, 1.82) is 0 Å². The number of carbonyl (C=O) groups is 3. The van der Waals surface area contributed by atoms with Crippen molar-refractivity contribution in [3.05, 3.63) is 9.93 Å². The molecule has 0 spiro atoms. The molecule has 0 aromatic carbocycles. The van der Waals surface area contributed by atoms with Crippen molar-refractivity contribution in [2.45, 2.75) is 56.8 Å². The number of hydrogen-bond acceptors (Lipinski definition) is 9. The number of nitrogens with zero attached hydrogens (tertiary/aromatic N) is 1. The quantitative estimate of drug-likeness (QED) is 0.302. The molecule has 0 bridgehead atoms. The van der Waals surface area contributed by atoms with E-state index in [-0.39, 0.29) is 28.1 Å². The van der Waals surface area contributed by atoms with Crippen molar-refractivity contribution in [2.75, 3.05) is 18.3 Å². The van der Waals surface area contributed by atoms with E-state index in [1.165, 1.54) is 28.4 Å². The van der Waals surface area contributed by atoms with Crippen LogP contribution in [-0.4, -0.2) is 67.1 Å². The molecule has 2 saturated heterocycles. The number of aliphatic hydroxyl groups excluding tert-OH is 1. The van der Waals surface area contributed by atoms with Crippen molar-refractivity contribution >= 4 is 52.2 Å².